The first-order valence-corrected chi connectivity index (χ1v) is 11.0. The van der Waals surface area contributed by atoms with Gasteiger partial charge < -0.3 is 14.7 Å². The van der Waals surface area contributed by atoms with Crippen molar-refractivity contribution < 1.29 is 19.4 Å². The molecule has 0 radical (unpaired) electrons. The number of carbonyl (C=O) groups is 2. The summed E-state index contributed by atoms with van der Waals surface area (Å²) in [6.07, 6.45) is 0. The highest BCUT2D eigenvalue weighted by molar-refractivity contribution is 7.14. The van der Waals surface area contributed by atoms with E-state index in [0.717, 1.165) is 15.4 Å². The number of ether oxygens (including phenoxy) is 1. The molecule has 0 spiro atoms. The third-order valence-electron chi connectivity index (χ3n) is 4.96. The molecule has 1 aromatic carbocycles. The molecular weight excluding hydrogens is 420 g/mol. The number of hydrogen-bond donors (Lipinski definition) is 1. The Balaban J connectivity index is 1.76. The van der Waals surface area contributed by atoms with Gasteiger partial charge in [0.15, 0.2) is 5.76 Å². The molecule has 1 amide bonds. The maximum Gasteiger partial charge on any atom is 0.290 e. The first-order valence-electron chi connectivity index (χ1n) is 9.30. The zero-order valence-electron chi connectivity index (χ0n) is 16.7. The van der Waals surface area contributed by atoms with Crippen LogP contribution in [0.4, 0.5) is 0 Å². The van der Waals surface area contributed by atoms with Crippen molar-refractivity contribution in [1.29, 1.82) is 0 Å². The fraction of sp³-hybridized carbons (Fsp3) is 0.227. The van der Waals surface area contributed by atoms with E-state index in [1.165, 1.54) is 27.6 Å². The molecule has 1 unspecified atom stereocenters. The van der Waals surface area contributed by atoms with Gasteiger partial charge in [0.25, 0.3) is 5.91 Å². The molecule has 3 heterocycles. The summed E-state index contributed by atoms with van der Waals surface area (Å²) in [6, 6.07) is 10.5. The molecule has 1 N–H and O–H groups in total. The summed E-state index contributed by atoms with van der Waals surface area (Å²) in [4.78, 5) is 33.6. The fourth-order valence-corrected chi connectivity index (χ4v) is 5.34. The van der Waals surface area contributed by atoms with Crippen molar-refractivity contribution in [2.45, 2.75) is 26.4 Å². The van der Waals surface area contributed by atoms with Gasteiger partial charge in [0.05, 0.1) is 28.3 Å². The number of ketones is 1. The van der Waals surface area contributed by atoms with Gasteiger partial charge in [0.1, 0.15) is 11.8 Å². The first kappa shape index (κ1) is 20.3. The lowest BCUT2D eigenvalue weighted by Gasteiger charge is -2.25. The zero-order chi connectivity index (χ0) is 21.4. The standard InChI is InChI=1S/C22H20N2O4S2/c1-12-21(30-13(2)23-12)19(25)17-18(16-8-5-9-29-16)24(22(27)20(17)26)11-14-6-4-7-15(10-14)28-3/h4-10,18,26H,11H2,1-3H3. The topological polar surface area (TPSA) is 79.7 Å². The van der Waals surface area contributed by atoms with E-state index in [-0.39, 0.29) is 17.9 Å². The molecule has 0 aliphatic carbocycles. The average Bonchev–Trinajstić information content (AvgIpc) is 3.43. The van der Waals surface area contributed by atoms with Crippen LogP contribution < -0.4 is 4.74 Å². The average molecular weight is 441 g/mol. The zero-order valence-corrected chi connectivity index (χ0v) is 18.3. The molecule has 1 atom stereocenters. The number of benzene rings is 1. The van der Waals surface area contributed by atoms with Crippen molar-refractivity contribution in [3.63, 3.8) is 0 Å². The summed E-state index contributed by atoms with van der Waals surface area (Å²) >= 11 is 2.72. The smallest absolute Gasteiger partial charge is 0.290 e. The minimum absolute atomic E-state index is 0.108. The molecule has 1 aliphatic rings. The molecule has 0 bridgehead atoms. The normalized spacial score (nSPS) is 16.4. The predicted octanol–water partition coefficient (Wildman–Crippen LogP) is 4.61. The minimum Gasteiger partial charge on any atom is -0.503 e. The second-order valence-corrected chi connectivity index (χ2v) is 9.12. The first-order chi connectivity index (χ1) is 14.4. The van der Waals surface area contributed by atoms with Gasteiger partial charge in [-0.15, -0.1) is 22.7 Å². The summed E-state index contributed by atoms with van der Waals surface area (Å²) in [7, 11) is 1.58. The van der Waals surface area contributed by atoms with Gasteiger partial charge in [-0.3, -0.25) is 9.59 Å². The molecule has 1 aliphatic heterocycles. The third kappa shape index (κ3) is 3.53. The lowest BCUT2D eigenvalue weighted by molar-refractivity contribution is -0.130. The Bertz CT molecular complexity index is 1150. The Kier molecular flexibility index (Phi) is 5.44. The van der Waals surface area contributed by atoms with E-state index >= 15 is 0 Å². The molecule has 6 nitrogen and oxygen atoms in total. The van der Waals surface area contributed by atoms with Gasteiger partial charge in [0.2, 0.25) is 5.78 Å². The Hall–Kier alpha value is -2.97. The van der Waals surface area contributed by atoms with Crippen LogP contribution in [0.5, 0.6) is 5.75 Å². The van der Waals surface area contributed by atoms with E-state index in [4.69, 9.17) is 4.74 Å². The van der Waals surface area contributed by atoms with Crippen molar-refractivity contribution >= 4 is 34.4 Å². The Morgan fingerprint density at radius 1 is 1.27 bits per heavy atom. The van der Waals surface area contributed by atoms with E-state index in [9.17, 15) is 14.7 Å². The molecular formula is C22H20N2O4S2. The number of aliphatic hydroxyl groups excluding tert-OH is 1. The number of aryl methyl sites for hydroxylation is 2. The summed E-state index contributed by atoms with van der Waals surface area (Å²) in [5.41, 5.74) is 1.55. The highest BCUT2D eigenvalue weighted by Crippen LogP contribution is 2.42. The Labute approximate surface area is 182 Å². The van der Waals surface area contributed by atoms with Crippen molar-refractivity contribution in [3.8, 4) is 5.75 Å². The molecule has 0 saturated heterocycles. The van der Waals surface area contributed by atoms with E-state index in [1.54, 1.807) is 14.0 Å². The Morgan fingerprint density at radius 2 is 2.07 bits per heavy atom. The lowest BCUT2D eigenvalue weighted by Crippen LogP contribution is -2.30. The lowest BCUT2D eigenvalue weighted by atomic mass is 10.00. The van der Waals surface area contributed by atoms with E-state index in [0.29, 0.717) is 16.3 Å². The SMILES string of the molecule is COc1cccc(CN2C(=O)C(O)=C(C(=O)c3sc(C)nc3C)C2c2cccs2)c1. The van der Waals surface area contributed by atoms with Gasteiger partial charge >= 0.3 is 0 Å². The van der Waals surface area contributed by atoms with E-state index in [2.05, 4.69) is 4.98 Å². The summed E-state index contributed by atoms with van der Waals surface area (Å²) in [5, 5.41) is 13.4. The van der Waals surface area contributed by atoms with Crippen LogP contribution in [0.1, 0.15) is 36.9 Å². The second-order valence-electron chi connectivity index (χ2n) is 6.94. The summed E-state index contributed by atoms with van der Waals surface area (Å²) < 4.78 is 5.28. The maximum absolute atomic E-state index is 13.4. The van der Waals surface area contributed by atoms with Crippen LogP contribution in [-0.4, -0.2) is 33.8 Å². The van der Waals surface area contributed by atoms with E-state index in [1.807, 2.05) is 48.7 Å². The molecule has 3 aromatic rings. The van der Waals surface area contributed by atoms with Crippen LogP contribution in [0.3, 0.4) is 0 Å². The number of amides is 1. The van der Waals surface area contributed by atoms with Crippen LogP contribution in [0.25, 0.3) is 0 Å². The van der Waals surface area contributed by atoms with Crippen LogP contribution >= 0.6 is 22.7 Å². The molecule has 4 rings (SSSR count). The van der Waals surface area contributed by atoms with Crippen molar-refractivity contribution in [2.75, 3.05) is 7.11 Å². The predicted molar refractivity (Wildman–Crippen MR) is 116 cm³/mol. The summed E-state index contributed by atoms with van der Waals surface area (Å²) in [6.45, 7) is 3.83. The maximum atomic E-state index is 13.4. The van der Waals surface area contributed by atoms with Crippen molar-refractivity contribution in [1.82, 2.24) is 9.88 Å². The number of Topliss-reactive ketones (excluding diaryl/α,β-unsaturated/α-hetero) is 1. The van der Waals surface area contributed by atoms with Gasteiger partial charge in [-0.25, -0.2) is 4.98 Å². The fourth-order valence-electron chi connectivity index (χ4n) is 3.62. The monoisotopic (exact) mass is 440 g/mol. The number of nitrogens with zero attached hydrogens (tertiary/aromatic N) is 2. The van der Waals surface area contributed by atoms with Crippen molar-refractivity contribution in [2.24, 2.45) is 0 Å². The number of methoxy groups -OCH3 is 1. The number of thiazole rings is 1. The molecule has 30 heavy (non-hydrogen) atoms. The van der Waals surface area contributed by atoms with Gasteiger partial charge in [-0.1, -0.05) is 18.2 Å². The molecule has 0 saturated carbocycles. The number of rotatable bonds is 6. The van der Waals surface area contributed by atoms with Crippen LogP contribution in [0.15, 0.2) is 53.1 Å². The number of carbonyl (C=O) groups excluding carboxylic acids is 2. The highest BCUT2D eigenvalue weighted by atomic mass is 32.1. The minimum atomic E-state index is -0.655. The Morgan fingerprint density at radius 3 is 2.70 bits per heavy atom. The quantitative estimate of drug-likeness (QED) is 0.566. The number of thiophene rings is 1. The molecule has 0 fully saturated rings. The second kappa shape index (κ2) is 8.04. The molecule has 2 aromatic heterocycles. The molecule has 8 heteroatoms. The van der Waals surface area contributed by atoms with Crippen LogP contribution in [-0.2, 0) is 11.3 Å². The van der Waals surface area contributed by atoms with Crippen LogP contribution in [0.2, 0.25) is 0 Å². The van der Waals surface area contributed by atoms with Crippen LogP contribution in [0, 0.1) is 13.8 Å². The van der Waals surface area contributed by atoms with Gasteiger partial charge in [-0.05, 0) is 43.0 Å². The highest BCUT2D eigenvalue weighted by Gasteiger charge is 2.44. The third-order valence-corrected chi connectivity index (χ3v) is 6.95. The number of aromatic nitrogens is 1. The molecule has 154 valence electrons. The van der Waals surface area contributed by atoms with Crippen molar-refractivity contribution in [3.05, 3.63) is 79.1 Å². The van der Waals surface area contributed by atoms with E-state index < -0.39 is 17.7 Å². The number of hydrogen-bond acceptors (Lipinski definition) is 7. The largest absolute Gasteiger partial charge is 0.503 e. The summed E-state index contributed by atoms with van der Waals surface area (Å²) in [5.74, 6) is -0.725. The van der Waals surface area contributed by atoms with Gasteiger partial charge in [-0.2, -0.15) is 0 Å². The number of aliphatic hydroxyl groups is 1. The van der Waals surface area contributed by atoms with Gasteiger partial charge in [0, 0.05) is 11.4 Å².